The maximum Gasteiger partial charge on any atom is 0.251 e. The molecule has 0 spiro atoms. The van der Waals surface area contributed by atoms with E-state index in [-0.39, 0.29) is 11.8 Å². The number of rotatable bonds is 5. The summed E-state index contributed by atoms with van der Waals surface area (Å²) in [5.74, 6) is 0.859. The van der Waals surface area contributed by atoms with Crippen molar-refractivity contribution >= 4 is 17.9 Å². The Balaban J connectivity index is 1.63. The molecule has 0 bridgehead atoms. The standard InChI is InChI=1S/C15H18N2O2/c1-9-4-11-7-17-15(19)13(11)6-14(9)16-3-2-10-5-12(10)8-18/h4,6,8,10,12,16H,2-3,5,7H2,1H3,(H,17,19). The average Bonchev–Trinajstić information content (AvgIpc) is 3.08. The monoisotopic (exact) mass is 258 g/mol. The molecule has 1 aromatic carbocycles. The van der Waals surface area contributed by atoms with Gasteiger partial charge in [-0.05, 0) is 42.9 Å². The van der Waals surface area contributed by atoms with Gasteiger partial charge in [0.05, 0.1) is 0 Å². The van der Waals surface area contributed by atoms with Crippen molar-refractivity contribution in [1.82, 2.24) is 5.32 Å². The fourth-order valence-electron chi connectivity index (χ4n) is 2.75. The normalized spacial score (nSPS) is 23.7. The van der Waals surface area contributed by atoms with E-state index in [1.807, 2.05) is 6.07 Å². The Labute approximate surface area is 112 Å². The van der Waals surface area contributed by atoms with Crippen LogP contribution in [0.2, 0.25) is 0 Å². The zero-order chi connectivity index (χ0) is 13.4. The summed E-state index contributed by atoms with van der Waals surface area (Å²) < 4.78 is 0. The van der Waals surface area contributed by atoms with Gasteiger partial charge in [-0.2, -0.15) is 0 Å². The number of benzene rings is 1. The minimum atomic E-state index is 0.0151. The number of anilines is 1. The number of hydrogen-bond acceptors (Lipinski definition) is 3. The van der Waals surface area contributed by atoms with E-state index in [1.54, 1.807) is 0 Å². The first-order valence-electron chi connectivity index (χ1n) is 6.80. The van der Waals surface area contributed by atoms with Gasteiger partial charge in [0.2, 0.25) is 0 Å². The van der Waals surface area contributed by atoms with Crippen LogP contribution in [0.1, 0.15) is 34.3 Å². The van der Waals surface area contributed by atoms with Gasteiger partial charge in [0, 0.05) is 30.3 Å². The van der Waals surface area contributed by atoms with Gasteiger partial charge in [-0.15, -0.1) is 0 Å². The molecule has 19 heavy (non-hydrogen) atoms. The third-order valence-electron chi connectivity index (χ3n) is 4.12. The fourth-order valence-corrected chi connectivity index (χ4v) is 2.75. The molecular formula is C15H18N2O2. The van der Waals surface area contributed by atoms with E-state index in [2.05, 4.69) is 23.6 Å². The molecule has 1 saturated carbocycles. The third kappa shape index (κ3) is 2.35. The van der Waals surface area contributed by atoms with E-state index in [1.165, 1.54) is 0 Å². The molecule has 1 amide bonds. The molecule has 0 radical (unpaired) electrons. The number of fused-ring (bicyclic) bond motifs is 1. The van der Waals surface area contributed by atoms with Crippen molar-refractivity contribution in [3.63, 3.8) is 0 Å². The molecule has 1 aliphatic heterocycles. The molecule has 1 heterocycles. The second-order valence-electron chi connectivity index (χ2n) is 5.52. The SMILES string of the molecule is Cc1cc2c(cc1NCCC1CC1C=O)C(=O)NC2. The van der Waals surface area contributed by atoms with Crippen LogP contribution in [0.5, 0.6) is 0 Å². The number of amides is 1. The predicted molar refractivity (Wildman–Crippen MR) is 73.1 cm³/mol. The molecule has 2 atom stereocenters. The lowest BCUT2D eigenvalue weighted by Gasteiger charge is -2.11. The third-order valence-corrected chi connectivity index (χ3v) is 4.12. The summed E-state index contributed by atoms with van der Waals surface area (Å²) >= 11 is 0. The zero-order valence-electron chi connectivity index (χ0n) is 11.0. The van der Waals surface area contributed by atoms with Crippen LogP contribution in [-0.2, 0) is 11.3 Å². The highest BCUT2D eigenvalue weighted by atomic mass is 16.1. The number of nitrogens with one attached hydrogen (secondary N) is 2. The van der Waals surface area contributed by atoms with Gasteiger partial charge in [0.1, 0.15) is 6.29 Å². The van der Waals surface area contributed by atoms with Gasteiger partial charge in [0.25, 0.3) is 5.91 Å². The van der Waals surface area contributed by atoms with Gasteiger partial charge in [-0.25, -0.2) is 0 Å². The summed E-state index contributed by atoms with van der Waals surface area (Å²) in [5, 5.41) is 6.21. The largest absolute Gasteiger partial charge is 0.385 e. The van der Waals surface area contributed by atoms with E-state index in [0.717, 1.165) is 48.1 Å². The summed E-state index contributed by atoms with van der Waals surface area (Å²) in [6, 6.07) is 4.01. The molecule has 2 unspecified atom stereocenters. The number of aldehydes is 1. The second-order valence-corrected chi connectivity index (χ2v) is 5.52. The predicted octanol–water partition coefficient (Wildman–Crippen LogP) is 1.88. The molecule has 1 aromatic rings. The topological polar surface area (TPSA) is 58.2 Å². The van der Waals surface area contributed by atoms with Crippen LogP contribution in [0.4, 0.5) is 5.69 Å². The maximum atomic E-state index is 11.6. The Morgan fingerprint density at radius 1 is 1.47 bits per heavy atom. The van der Waals surface area contributed by atoms with E-state index in [0.29, 0.717) is 12.5 Å². The minimum absolute atomic E-state index is 0.0151. The van der Waals surface area contributed by atoms with Crippen LogP contribution in [0.3, 0.4) is 0 Å². The molecule has 1 aliphatic carbocycles. The van der Waals surface area contributed by atoms with Crippen LogP contribution in [0.25, 0.3) is 0 Å². The Bertz CT molecular complexity index is 539. The summed E-state index contributed by atoms with van der Waals surface area (Å²) in [4.78, 5) is 22.2. The first kappa shape index (κ1) is 12.2. The van der Waals surface area contributed by atoms with Crippen LogP contribution in [-0.4, -0.2) is 18.7 Å². The highest BCUT2D eigenvalue weighted by Crippen LogP contribution is 2.39. The van der Waals surface area contributed by atoms with E-state index >= 15 is 0 Å². The molecule has 4 nitrogen and oxygen atoms in total. The van der Waals surface area contributed by atoms with Crippen LogP contribution in [0, 0.1) is 18.8 Å². The summed E-state index contributed by atoms with van der Waals surface area (Å²) in [6.45, 7) is 3.55. The molecule has 1 fully saturated rings. The number of aryl methyl sites for hydroxylation is 1. The summed E-state index contributed by atoms with van der Waals surface area (Å²) in [6.07, 6.45) is 3.12. The van der Waals surface area contributed by atoms with Crippen molar-refractivity contribution in [2.24, 2.45) is 11.8 Å². The Kier molecular flexibility index (Phi) is 3.01. The minimum Gasteiger partial charge on any atom is -0.385 e. The lowest BCUT2D eigenvalue weighted by Crippen LogP contribution is -2.12. The molecule has 0 saturated heterocycles. The lowest BCUT2D eigenvalue weighted by atomic mass is 10.0. The summed E-state index contributed by atoms with van der Waals surface area (Å²) in [5.41, 5.74) is 4.05. The molecular weight excluding hydrogens is 240 g/mol. The van der Waals surface area contributed by atoms with Crippen LogP contribution in [0.15, 0.2) is 12.1 Å². The smallest absolute Gasteiger partial charge is 0.251 e. The van der Waals surface area contributed by atoms with E-state index < -0.39 is 0 Å². The van der Waals surface area contributed by atoms with Crippen LogP contribution < -0.4 is 10.6 Å². The van der Waals surface area contributed by atoms with Gasteiger partial charge in [-0.1, -0.05) is 6.07 Å². The maximum absolute atomic E-state index is 11.6. The second kappa shape index (κ2) is 4.68. The van der Waals surface area contributed by atoms with Crippen molar-refractivity contribution in [3.05, 3.63) is 28.8 Å². The van der Waals surface area contributed by atoms with Gasteiger partial charge < -0.3 is 15.4 Å². The quantitative estimate of drug-likeness (QED) is 0.793. The Morgan fingerprint density at radius 3 is 3.05 bits per heavy atom. The Morgan fingerprint density at radius 2 is 2.32 bits per heavy atom. The first-order valence-corrected chi connectivity index (χ1v) is 6.80. The van der Waals surface area contributed by atoms with Gasteiger partial charge >= 0.3 is 0 Å². The Hall–Kier alpha value is -1.84. The van der Waals surface area contributed by atoms with Crippen molar-refractivity contribution in [2.45, 2.75) is 26.3 Å². The lowest BCUT2D eigenvalue weighted by molar-refractivity contribution is -0.109. The van der Waals surface area contributed by atoms with E-state index in [9.17, 15) is 9.59 Å². The molecule has 2 N–H and O–H groups in total. The highest BCUT2D eigenvalue weighted by molar-refractivity contribution is 5.99. The number of carbonyl (C=O) groups is 2. The molecule has 0 aromatic heterocycles. The van der Waals surface area contributed by atoms with Crippen molar-refractivity contribution in [1.29, 1.82) is 0 Å². The average molecular weight is 258 g/mol. The zero-order valence-corrected chi connectivity index (χ0v) is 11.0. The fraction of sp³-hybridized carbons (Fsp3) is 0.467. The number of hydrogen-bond donors (Lipinski definition) is 2. The van der Waals surface area contributed by atoms with Crippen molar-refractivity contribution < 1.29 is 9.59 Å². The molecule has 100 valence electrons. The van der Waals surface area contributed by atoms with Crippen molar-refractivity contribution in [2.75, 3.05) is 11.9 Å². The molecule has 4 heteroatoms. The molecule has 2 aliphatic rings. The van der Waals surface area contributed by atoms with Crippen molar-refractivity contribution in [3.8, 4) is 0 Å². The molecule has 3 rings (SSSR count). The van der Waals surface area contributed by atoms with Gasteiger partial charge in [0.15, 0.2) is 0 Å². The van der Waals surface area contributed by atoms with Crippen LogP contribution >= 0.6 is 0 Å². The highest BCUT2D eigenvalue weighted by Gasteiger charge is 2.35. The number of carbonyl (C=O) groups excluding carboxylic acids is 2. The first-order chi connectivity index (χ1) is 9.19. The summed E-state index contributed by atoms with van der Waals surface area (Å²) in [7, 11) is 0. The van der Waals surface area contributed by atoms with E-state index in [4.69, 9.17) is 0 Å². The van der Waals surface area contributed by atoms with Gasteiger partial charge in [-0.3, -0.25) is 4.79 Å².